The molecule has 0 saturated carbocycles. The van der Waals surface area contributed by atoms with Crippen LogP contribution in [0.25, 0.3) is 11.4 Å². The number of nitrogens with zero attached hydrogens (tertiary/aromatic N) is 3. The van der Waals surface area contributed by atoms with Gasteiger partial charge in [0.25, 0.3) is 0 Å². The topological polar surface area (TPSA) is 54.5 Å². The van der Waals surface area contributed by atoms with Gasteiger partial charge in [0, 0.05) is 10.4 Å². The van der Waals surface area contributed by atoms with Crippen molar-refractivity contribution in [1.29, 1.82) is 0 Å². The van der Waals surface area contributed by atoms with Crippen LogP contribution in [0.2, 0.25) is 0 Å². The molecule has 1 N–H and O–H groups in total. The molecule has 0 bridgehead atoms. The molecule has 4 nitrogen and oxygen atoms in total. The van der Waals surface area contributed by atoms with E-state index in [4.69, 9.17) is 0 Å². The second-order valence-electron chi connectivity index (χ2n) is 3.09. The molecule has 13 heavy (non-hydrogen) atoms. The van der Waals surface area contributed by atoms with E-state index in [1.807, 2.05) is 6.07 Å². The van der Waals surface area contributed by atoms with Gasteiger partial charge in [-0.05, 0) is 22.6 Å². The summed E-state index contributed by atoms with van der Waals surface area (Å²) in [6, 6.07) is 2.03. The molecule has 0 amide bonds. The highest BCUT2D eigenvalue weighted by atomic mass is 32.1. The van der Waals surface area contributed by atoms with Crippen LogP contribution in [0, 0.1) is 0 Å². The molecule has 0 aliphatic carbocycles. The average Bonchev–Trinajstić information content (AvgIpc) is 2.74. The lowest BCUT2D eigenvalue weighted by Crippen LogP contribution is -1.87. The molecule has 0 saturated heterocycles. The van der Waals surface area contributed by atoms with E-state index < -0.39 is 0 Å². The first-order valence-electron chi connectivity index (χ1n) is 4.10. The number of nitrogens with one attached hydrogen (secondary N) is 1. The maximum absolute atomic E-state index is 3.96. The van der Waals surface area contributed by atoms with Gasteiger partial charge in [-0.1, -0.05) is 13.8 Å². The lowest BCUT2D eigenvalue weighted by atomic mass is 10.1. The first-order valence-corrected chi connectivity index (χ1v) is 4.98. The molecule has 0 aliphatic rings. The lowest BCUT2D eigenvalue weighted by Gasteiger charge is -2.02. The van der Waals surface area contributed by atoms with Crippen molar-refractivity contribution in [1.82, 2.24) is 20.6 Å². The van der Waals surface area contributed by atoms with Gasteiger partial charge in [0.05, 0.1) is 0 Å². The molecule has 0 aromatic carbocycles. The highest BCUT2D eigenvalue weighted by Gasteiger charge is 2.12. The Balaban J connectivity index is 2.46. The van der Waals surface area contributed by atoms with Crippen molar-refractivity contribution in [2.45, 2.75) is 19.8 Å². The van der Waals surface area contributed by atoms with Crippen LogP contribution in [0.15, 0.2) is 11.4 Å². The van der Waals surface area contributed by atoms with Gasteiger partial charge < -0.3 is 0 Å². The van der Waals surface area contributed by atoms with E-state index in [1.54, 1.807) is 11.3 Å². The highest BCUT2D eigenvalue weighted by molar-refractivity contribution is 7.10. The summed E-state index contributed by atoms with van der Waals surface area (Å²) in [7, 11) is 0. The Morgan fingerprint density at radius 1 is 1.46 bits per heavy atom. The van der Waals surface area contributed by atoms with Crippen molar-refractivity contribution >= 4 is 11.3 Å². The van der Waals surface area contributed by atoms with Crippen molar-refractivity contribution < 1.29 is 0 Å². The molecule has 0 aliphatic heterocycles. The fraction of sp³-hybridized carbons (Fsp3) is 0.375. The van der Waals surface area contributed by atoms with Crippen molar-refractivity contribution in [3.63, 3.8) is 0 Å². The third kappa shape index (κ3) is 1.47. The zero-order chi connectivity index (χ0) is 9.26. The second kappa shape index (κ2) is 3.26. The number of tetrazole rings is 1. The Morgan fingerprint density at radius 3 is 2.92 bits per heavy atom. The molecule has 2 aromatic rings. The molecule has 0 unspecified atom stereocenters. The molecule has 0 spiro atoms. The average molecular weight is 194 g/mol. The van der Waals surface area contributed by atoms with Crippen LogP contribution < -0.4 is 0 Å². The SMILES string of the molecule is CC(C)c1sccc1-c1nn[nH]n1. The minimum absolute atomic E-state index is 0.508. The van der Waals surface area contributed by atoms with E-state index in [9.17, 15) is 0 Å². The minimum atomic E-state index is 0.508. The first kappa shape index (κ1) is 8.37. The first-order chi connectivity index (χ1) is 6.29. The third-order valence-electron chi connectivity index (χ3n) is 1.81. The maximum Gasteiger partial charge on any atom is 0.205 e. The monoisotopic (exact) mass is 194 g/mol. The number of thiophene rings is 1. The largest absolute Gasteiger partial charge is 0.205 e. The van der Waals surface area contributed by atoms with Crippen LogP contribution in [0.3, 0.4) is 0 Å². The highest BCUT2D eigenvalue weighted by Crippen LogP contribution is 2.31. The van der Waals surface area contributed by atoms with E-state index in [0.717, 1.165) is 5.56 Å². The van der Waals surface area contributed by atoms with E-state index >= 15 is 0 Å². The van der Waals surface area contributed by atoms with Crippen LogP contribution in [0.4, 0.5) is 0 Å². The number of hydrogen-bond donors (Lipinski definition) is 1. The zero-order valence-corrected chi connectivity index (χ0v) is 8.30. The van der Waals surface area contributed by atoms with Crippen LogP contribution in [0.1, 0.15) is 24.6 Å². The number of aromatic amines is 1. The van der Waals surface area contributed by atoms with Gasteiger partial charge in [-0.15, -0.1) is 21.5 Å². The van der Waals surface area contributed by atoms with Crippen LogP contribution in [-0.2, 0) is 0 Å². The summed E-state index contributed by atoms with van der Waals surface area (Å²) < 4.78 is 0. The summed E-state index contributed by atoms with van der Waals surface area (Å²) in [5.74, 6) is 1.19. The summed E-state index contributed by atoms with van der Waals surface area (Å²) in [6.45, 7) is 4.32. The molecule has 0 fully saturated rings. The number of H-pyrrole nitrogens is 1. The van der Waals surface area contributed by atoms with Gasteiger partial charge in [0.1, 0.15) is 0 Å². The second-order valence-corrected chi connectivity index (χ2v) is 4.04. The standard InChI is InChI=1S/C8H10N4S/c1-5(2)7-6(3-4-13-7)8-9-11-12-10-8/h3-5H,1-2H3,(H,9,10,11,12). The van der Waals surface area contributed by atoms with Crippen LogP contribution in [0.5, 0.6) is 0 Å². The zero-order valence-electron chi connectivity index (χ0n) is 7.48. The lowest BCUT2D eigenvalue weighted by molar-refractivity contribution is 0.881. The third-order valence-corrected chi connectivity index (χ3v) is 3.02. The van der Waals surface area contributed by atoms with Gasteiger partial charge >= 0.3 is 0 Å². The predicted octanol–water partition coefficient (Wildman–Crippen LogP) is 2.05. The Morgan fingerprint density at radius 2 is 2.31 bits per heavy atom. The van der Waals surface area contributed by atoms with Crippen molar-refractivity contribution in [3.05, 3.63) is 16.3 Å². The van der Waals surface area contributed by atoms with Crippen LogP contribution in [-0.4, -0.2) is 20.6 Å². The Kier molecular flexibility index (Phi) is 2.10. The molecule has 0 atom stereocenters. The summed E-state index contributed by atoms with van der Waals surface area (Å²) >= 11 is 1.73. The van der Waals surface area contributed by atoms with E-state index in [-0.39, 0.29) is 0 Å². The summed E-state index contributed by atoms with van der Waals surface area (Å²) in [6.07, 6.45) is 0. The maximum atomic E-state index is 3.96. The Labute approximate surface area is 80.0 Å². The van der Waals surface area contributed by atoms with Crippen molar-refractivity contribution in [3.8, 4) is 11.4 Å². The van der Waals surface area contributed by atoms with Gasteiger partial charge in [0.2, 0.25) is 5.82 Å². The predicted molar refractivity (Wildman–Crippen MR) is 51.6 cm³/mol. The molecule has 2 aromatic heterocycles. The number of aromatic nitrogens is 4. The molecule has 2 heterocycles. The van der Waals surface area contributed by atoms with E-state index in [2.05, 4.69) is 39.9 Å². The Bertz CT molecular complexity index is 377. The molecular formula is C8H10N4S. The van der Waals surface area contributed by atoms with Crippen molar-refractivity contribution in [2.24, 2.45) is 0 Å². The smallest absolute Gasteiger partial charge is 0.177 e. The van der Waals surface area contributed by atoms with Gasteiger partial charge in [-0.2, -0.15) is 5.21 Å². The Hall–Kier alpha value is -1.23. The van der Waals surface area contributed by atoms with Crippen molar-refractivity contribution in [2.75, 3.05) is 0 Å². The molecular weight excluding hydrogens is 184 g/mol. The number of hydrogen-bond acceptors (Lipinski definition) is 4. The molecule has 5 heteroatoms. The molecule has 0 radical (unpaired) electrons. The molecule has 68 valence electrons. The normalized spacial score (nSPS) is 11.0. The molecule has 2 rings (SSSR count). The van der Waals surface area contributed by atoms with Gasteiger partial charge in [0.15, 0.2) is 0 Å². The van der Waals surface area contributed by atoms with Gasteiger partial charge in [-0.25, -0.2) is 0 Å². The fourth-order valence-corrected chi connectivity index (χ4v) is 2.14. The van der Waals surface area contributed by atoms with E-state index in [1.165, 1.54) is 4.88 Å². The van der Waals surface area contributed by atoms with Crippen LogP contribution >= 0.6 is 11.3 Å². The summed E-state index contributed by atoms with van der Waals surface area (Å²) in [5.41, 5.74) is 1.09. The van der Waals surface area contributed by atoms with Gasteiger partial charge in [-0.3, -0.25) is 0 Å². The quantitative estimate of drug-likeness (QED) is 0.796. The number of rotatable bonds is 2. The minimum Gasteiger partial charge on any atom is -0.177 e. The van der Waals surface area contributed by atoms with E-state index in [0.29, 0.717) is 11.7 Å². The summed E-state index contributed by atoms with van der Waals surface area (Å²) in [4.78, 5) is 1.31. The fourth-order valence-electron chi connectivity index (χ4n) is 1.23. The summed E-state index contributed by atoms with van der Waals surface area (Å²) in [5, 5.41) is 16.0.